The first-order valence-corrected chi connectivity index (χ1v) is 9.78. The van der Waals surface area contributed by atoms with E-state index in [0.717, 1.165) is 12.3 Å². The van der Waals surface area contributed by atoms with Crippen LogP contribution in [0, 0.1) is 5.82 Å². The number of rotatable bonds is 7. The van der Waals surface area contributed by atoms with Crippen LogP contribution in [0.1, 0.15) is 11.1 Å². The highest BCUT2D eigenvalue weighted by molar-refractivity contribution is 7.92. The first kappa shape index (κ1) is 20.3. The predicted octanol–water partition coefficient (Wildman–Crippen LogP) is 3.71. The smallest absolute Gasteiger partial charge is 0.307 e. The number of aliphatic carboxylic acids is 1. The number of ether oxygens (including phenoxy) is 1. The van der Waals surface area contributed by atoms with Crippen LogP contribution in [-0.2, 0) is 27.8 Å². The number of nitrogens with one attached hydrogen (secondary N) is 1. The molecule has 2 rings (SSSR count). The van der Waals surface area contributed by atoms with E-state index in [4.69, 9.17) is 33.0 Å². The number of carboxylic acid groups (broad SMARTS) is 1. The lowest BCUT2D eigenvalue weighted by atomic mass is 10.1. The Hall–Kier alpha value is -2.03. The van der Waals surface area contributed by atoms with Gasteiger partial charge in [0, 0.05) is 0 Å². The summed E-state index contributed by atoms with van der Waals surface area (Å²) >= 11 is 12.1. The second-order valence-corrected chi connectivity index (χ2v) is 8.03. The summed E-state index contributed by atoms with van der Waals surface area (Å²) in [5, 5.41) is 9.02. The number of carboxylic acids is 1. The van der Waals surface area contributed by atoms with Gasteiger partial charge in [-0.2, -0.15) is 0 Å². The van der Waals surface area contributed by atoms with Crippen LogP contribution in [0.25, 0.3) is 0 Å². The van der Waals surface area contributed by atoms with Crippen molar-refractivity contribution < 1.29 is 27.4 Å². The van der Waals surface area contributed by atoms with Crippen LogP contribution >= 0.6 is 23.2 Å². The van der Waals surface area contributed by atoms with Gasteiger partial charge in [-0.15, -0.1) is 0 Å². The molecule has 0 saturated carbocycles. The second kappa shape index (κ2) is 8.11. The number of carbonyl (C=O) groups is 1. The van der Waals surface area contributed by atoms with Gasteiger partial charge in [0.2, 0.25) is 10.0 Å². The monoisotopic (exact) mass is 421 g/mol. The van der Waals surface area contributed by atoms with E-state index >= 15 is 0 Å². The molecule has 0 radical (unpaired) electrons. The molecular formula is C16H14Cl2FNO5S. The number of hydrogen-bond donors (Lipinski definition) is 2. The average Bonchev–Trinajstić information content (AvgIpc) is 2.42. The van der Waals surface area contributed by atoms with E-state index in [-0.39, 0.29) is 34.5 Å². The normalized spacial score (nSPS) is 11.2. The van der Waals surface area contributed by atoms with Crippen LogP contribution in [0.3, 0.4) is 0 Å². The minimum atomic E-state index is -3.55. The molecule has 2 aromatic rings. The third-order valence-corrected chi connectivity index (χ3v) is 4.23. The molecule has 0 spiro atoms. The number of halogens is 3. The second-order valence-electron chi connectivity index (χ2n) is 5.47. The van der Waals surface area contributed by atoms with Crippen LogP contribution in [0.4, 0.5) is 10.1 Å². The third kappa shape index (κ3) is 6.05. The summed E-state index contributed by atoms with van der Waals surface area (Å²) in [6, 6.07) is 6.45. The van der Waals surface area contributed by atoms with Crippen molar-refractivity contribution in [3.05, 3.63) is 57.3 Å². The van der Waals surface area contributed by atoms with Gasteiger partial charge in [-0.25, -0.2) is 12.8 Å². The van der Waals surface area contributed by atoms with Crippen LogP contribution in [0.2, 0.25) is 10.0 Å². The molecule has 0 atom stereocenters. The van der Waals surface area contributed by atoms with Crippen molar-refractivity contribution in [1.82, 2.24) is 0 Å². The largest absolute Gasteiger partial charge is 0.486 e. The zero-order valence-electron chi connectivity index (χ0n) is 13.4. The average molecular weight is 422 g/mol. The Morgan fingerprint density at radius 1 is 1.15 bits per heavy atom. The molecule has 140 valence electrons. The Bertz CT molecular complexity index is 927. The molecule has 0 aliphatic heterocycles. The minimum absolute atomic E-state index is 0.0556. The van der Waals surface area contributed by atoms with Crippen molar-refractivity contribution in [3.8, 4) is 5.75 Å². The molecule has 2 aromatic carbocycles. The fourth-order valence-corrected chi connectivity index (χ4v) is 3.38. The fourth-order valence-electron chi connectivity index (χ4n) is 2.19. The maximum atomic E-state index is 13.7. The van der Waals surface area contributed by atoms with E-state index in [1.165, 1.54) is 24.3 Å². The van der Waals surface area contributed by atoms with Gasteiger partial charge in [-0.3, -0.25) is 9.52 Å². The molecule has 6 nitrogen and oxygen atoms in total. The number of sulfonamides is 1. The molecule has 0 bridgehead atoms. The van der Waals surface area contributed by atoms with Crippen LogP contribution in [0.5, 0.6) is 5.75 Å². The summed E-state index contributed by atoms with van der Waals surface area (Å²) in [5.74, 6) is -1.56. The highest BCUT2D eigenvalue weighted by Gasteiger charge is 2.13. The van der Waals surface area contributed by atoms with E-state index in [1.807, 2.05) is 0 Å². The van der Waals surface area contributed by atoms with E-state index in [0.29, 0.717) is 11.1 Å². The van der Waals surface area contributed by atoms with Crippen molar-refractivity contribution >= 4 is 44.9 Å². The van der Waals surface area contributed by atoms with Gasteiger partial charge in [0.15, 0.2) is 5.75 Å². The number of hydrogen-bond acceptors (Lipinski definition) is 4. The van der Waals surface area contributed by atoms with Crippen molar-refractivity contribution in [1.29, 1.82) is 0 Å². The molecule has 0 aliphatic rings. The summed E-state index contributed by atoms with van der Waals surface area (Å²) in [4.78, 5) is 10.7. The van der Waals surface area contributed by atoms with Gasteiger partial charge in [0.1, 0.15) is 12.4 Å². The molecule has 2 N–H and O–H groups in total. The zero-order valence-corrected chi connectivity index (χ0v) is 15.8. The standard InChI is InChI=1S/C16H14Cl2FNO5S/c1-26(23,24)20-12-3-10(2-11(19)7-12)8-25-16-13(17)4-9(5-14(16)18)6-15(21)22/h2-5,7,20H,6,8H2,1H3,(H,21,22). The molecule has 0 fully saturated rings. The lowest BCUT2D eigenvalue weighted by Crippen LogP contribution is -2.10. The van der Waals surface area contributed by atoms with E-state index < -0.39 is 21.8 Å². The Morgan fingerprint density at radius 2 is 1.77 bits per heavy atom. The zero-order chi connectivity index (χ0) is 19.5. The highest BCUT2D eigenvalue weighted by atomic mass is 35.5. The highest BCUT2D eigenvalue weighted by Crippen LogP contribution is 2.35. The van der Waals surface area contributed by atoms with Gasteiger partial charge < -0.3 is 9.84 Å². The summed E-state index contributed by atoms with van der Waals surface area (Å²) in [7, 11) is -3.55. The SMILES string of the molecule is CS(=O)(=O)Nc1cc(F)cc(COc2c(Cl)cc(CC(=O)O)cc2Cl)c1. The number of anilines is 1. The van der Waals surface area contributed by atoms with Gasteiger partial charge >= 0.3 is 5.97 Å². The van der Waals surface area contributed by atoms with E-state index in [2.05, 4.69) is 4.72 Å². The first-order valence-electron chi connectivity index (χ1n) is 7.13. The molecule has 0 unspecified atom stereocenters. The third-order valence-electron chi connectivity index (χ3n) is 3.06. The molecule has 10 heteroatoms. The molecule has 0 aliphatic carbocycles. The molecule has 0 heterocycles. The topological polar surface area (TPSA) is 92.7 Å². The Morgan fingerprint density at radius 3 is 2.31 bits per heavy atom. The van der Waals surface area contributed by atoms with Crippen LogP contribution in [0.15, 0.2) is 30.3 Å². The van der Waals surface area contributed by atoms with E-state index in [1.54, 1.807) is 0 Å². The maximum absolute atomic E-state index is 13.7. The minimum Gasteiger partial charge on any atom is -0.486 e. The molecule has 0 saturated heterocycles. The fraction of sp³-hybridized carbons (Fsp3) is 0.188. The van der Waals surface area contributed by atoms with Crippen molar-refractivity contribution in [3.63, 3.8) is 0 Å². The van der Waals surface area contributed by atoms with E-state index in [9.17, 15) is 17.6 Å². The maximum Gasteiger partial charge on any atom is 0.307 e. The number of benzene rings is 2. The molecular weight excluding hydrogens is 408 g/mol. The van der Waals surface area contributed by atoms with Gasteiger partial charge in [-0.05, 0) is 41.5 Å². The van der Waals surface area contributed by atoms with Crippen molar-refractivity contribution in [2.24, 2.45) is 0 Å². The summed E-state index contributed by atoms with van der Waals surface area (Å²) in [5.41, 5.74) is 0.809. The Labute approximate surface area is 159 Å². The first-order chi connectivity index (χ1) is 12.0. The van der Waals surface area contributed by atoms with Crippen LogP contribution in [-0.4, -0.2) is 25.7 Å². The quantitative estimate of drug-likeness (QED) is 0.710. The molecule has 0 amide bonds. The van der Waals surface area contributed by atoms with Gasteiger partial charge in [0.25, 0.3) is 0 Å². The molecule has 26 heavy (non-hydrogen) atoms. The predicted molar refractivity (Wildman–Crippen MR) is 97.0 cm³/mol. The lowest BCUT2D eigenvalue weighted by Gasteiger charge is -2.12. The Balaban J connectivity index is 2.20. The summed E-state index contributed by atoms with van der Waals surface area (Å²) < 4.78 is 43.9. The van der Waals surface area contributed by atoms with Gasteiger partial charge in [-0.1, -0.05) is 23.2 Å². The van der Waals surface area contributed by atoms with Crippen molar-refractivity contribution in [2.45, 2.75) is 13.0 Å². The summed E-state index contributed by atoms with van der Waals surface area (Å²) in [6.45, 7) is -0.131. The van der Waals surface area contributed by atoms with Crippen molar-refractivity contribution in [2.75, 3.05) is 11.0 Å². The van der Waals surface area contributed by atoms with Crippen LogP contribution < -0.4 is 9.46 Å². The Kier molecular flexibility index (Phi) is 6.33. The summed E-state index contributed by atoms with van der Waals surface area (Å²) in [6.07, 6.45) is 0.705. The molecule has 0 aromatic heterocycles. The lowest BCUT2D eigenvalue weighted by molar-refractivity contribution is -0.136. The van der Waals surface area contributed by atoms with Gasteiger partial charge in [0.05, 0.1) is 28.4 Å².